The van der Waals surface area contributed by atoms with Gasteiger partial charge in [-0.1, -0.05) is 12.1 Å². The van der Waals surface area contributed by atoms with Gasteiger partial charge in [0, 0.05) is 18.0 Å². The fraction of sp³-hybridized carbons (Fsp3) is 0.154. The molecule has 0 unspecified atom stereocenters. The van der Waals surface area contributed by atoms with E-state index in [9.17, 15) is 13.2 Å². The Kier molecular flexibility index (Phi) is 3.23. The highest BCUT2D eigenvalue weighted by Gasteiger charge is 2.30. The molecule has 0 saturated carbocycles. The molecule has 5 heteroatoms. The number of nitrogens with zero attached hydrogens (tertiary/aromatic N) is 1. The monoisotopic (exact) mass is 253 g/mol. The van der Waals surface area contributed by atoms with Gasteiger partial charge >= 0.3 is 6.18 Å². The molecule has 0 N–H and O–H groups in total. The van der Waals surface area contributed by atoms with Crippen LogP contribution in [0.3, 0.4) is 0 Å². The molecule has 0 aliphatic rings. The second-order valence-corrected chi connectivity index (χ2v) is 3.65. The van der Waals surface area contributed by atoms with Crippen molar-refractivity contribution in [1.29, 1.82) is 0 Å². The van der Waals surface area contributed by atoms with Crippen LogP contribution >= 0.6 is 0 Å². The van der Waals surface area contributed by atoms with Crippen molar-refractivity contribution in [2.45, 2.75) is 6.18 Å². The molecular formula is C13H10F3NO. The van der Waals surface area contributed by atoms with Crippen LogP contribution in [0.25, 0.3) is 11.1 Å². The number of alkyl halides is 3. The third kappa shape index (κ3) is 2.45. The first-order chi connectivity index (χ1) is 8.52. The molecule has 1 heterocycles. The number of ether oxygens (including phenoxy) is 1. The van der Waals surface area contributed by atoms with E-state index >= 15 is 0 Å². The largest absolute Gasteiger partial charge is 0.496 e. The zero-order valence-electron chi connectivity index (χ0n) is 9.53. The number of aromatic nitrogens is 1. The predicted octanol–water partition coefficient (Wildman–Crippen LogP) is 3.78. The Hall–Kier alpha value is -2.04. The lowest BCUT2D eigenvalue weighted by atomic mass is 10.0. The lowest BCUT2D eigenvalue weighted by Crippen LogP contribution is -2.04. The van der Waals surface area contributed by atoms with Crippen molar-refractivity contribution in [3.8, 4) is 16.9 Å². The Labute approximate surface area is 102 Å². The Bertz CT molecular complexity index is 535. The lowest BCUT2D eigenvalue weighted by molar-refractivity contribution is -0.137. The quantitative estimate of drug-likeness (QED) is 0.812. The minimum atomic E-state index is -4.32. The highest BCUT2D eigenvalue weighted by atomic mass is 19.4. The number of halogens is 3. The molecule has 0 fully saturated rings. The predicted molar refractivity (Wildman–Crippen MR) is 61.2 cm³/mol. The van der Waals surface area contributed by atoms with Gasteiger partial charge in [0.15, 0.2) is 0 Å². The first-order valence-corrected chi connectivity index (χ1v) is 5.18. The van der Waals surface area contributed by atoms with E-state index in [4.69, 9.17) is 4.74 Å². The molecule has 2 rings (SSSR count). The van der Waals surface area contributed by atoms with Gasteiger partial charge in [-0.15, -0.1) is 0 Å². The summed E-state index contributed by atoms with van der Waals surface area (Å²) in [6.45, 7) is 0. The fourth-order valence-electron chi connectivity index (χ4n) is 1.62. The molecule has 0 aliphatic carbocycles. The molecule has 0 bridgehead atoms. The number of pyridine rings is 1. The van der Waals surface area contributed by atoms with Crippen LogP contribution in [0.15, 0.2) is 42.7 Å². The summed E-state index contributed by atoms with van der Waals surface area (Å²) >= 11 is 0. The fourth-order valence-corrected chi connectivity index (χ4v) is 1.62. The van der Waals surface area contributed by atoms with Crippen LogP contribution in [0, 0.1) is 0 Å². The van der Waals surface area contributed by atoms with Crippen LogP contribution in [0.4, 0.5) is 13.2 Å². The van der Waals surface area contributed by atoms with E-state index in [2.05, 4.69) is 4.98 Å². The number of rotatable bonds is 2. The summed E-state index contributed by atoms with van der Waals surface area (Å²) in [6.07, 6.45) is -1.20. The van der Waals surface area contributed by atoms with Crippen molar-refractivity contribution in [3.05, 3.63) is 48.3 Å². The summed E-state index contributed by atoms with van der Waals surface area (Å²) in [5.41, 5.74) is 0.621. The molecule has 0 aliphatic heterocycles. The molecule has 0 radical (unpaired) electrons. The van der Waals surface area contributed by atoms with E-state index in [0.717, 1.165) is 12.1 Å². The topological polar surface area (TPSA) is 22.1 Å². The van der Waals surface area contributed by atoms with Crippen LogP contribution in [-0.4, -0.2) is 12.1 Å². The number of methoxy groups -OCH3 is 1. The van der Waals surface area contributed by atoms with Crippen LogP contribution in [-0.2, 0) is 6.18 Å². The average Bonchev–Trinajstić information content (AvgIpc) is 2.38. The number of hydrogen-bond donors (Lipinski definition) is 0. The molecule has 2 aromatic rings. The maximum absolute atomic E-state index is 12.4. The SMILES string of the molecule is COc1ccncc1-c1ccc(C(F)(F)F)cc1. The van der Waals surface area contributed by atoms with E-state index in [-0.39, 0.29) is 0 Å². The second-order valence-electron chi connectivity index (χ2n) is 3.65. The molecular weight excluding hydrogens is 243 g/mol. The van der Waals surface area contributed by atoms with Gasteiger partial charge in [0.05, 0.1) is 12.7 Å². The average molecular weight is 253 g/mol. The first kappa shape index (κ1) is 12.4. The van der Waals surface area contributed by atoms with Crippen LogP contribution in [0.2, 0.25) is 0 Å². The van der Waals surface area contributed by atoms with Gasteiger partial charge in [0.25, 0.3) is 0 Å². The van der Waals surface area contributed by atoms with Gasteiger partial charge in [0.2, 0.25) is 0 Å². The Morgan fingerprint density at radius 2 is 1.72 bits per heavy atom. The molecule has 1 aromatic heterocycles. The summed E-state index contributed by atoms with van der Waals surface area (Å²) in [6, 6.07) is 6.56. The van der Waals surface area contributed by atoms with E-state index in [1.807, 2.05) is 0 Å². The molecule has 18 heavy (non-hydrogen) atoms. The third-order valence-electron chi connectivity index (χ3n) is 2.52. The molecule has 1 aromatic carbocycles. The summed E-state index contributed by atoms with van der Waals surface area (Å²) in [5.74, 6) is 0.574. The zero-order chi connectivity index (χ0) is 13.2. The minimum Gasteiger partial charge on any atom is -0.496 e. The van der Waals surface area contributed by atoms with Crippen molar-refractivity contribution in [2.24, 2.45) is 0 Å². The van der Waals surface area contributed by atoms with Crippen molar-refractivity contribution in [2.75, 3.05) is 7.11 Å². The van der Waals surface area contributed by atoms with Crippen molar-refractivity contribution >= 4 is 0 Å². The van der Waals surface area contributed by atoms with Gasteiger partial charge in [0.1, 0.15) is 5.75 Å². The van der Waals surface area contributed by atoms with E-state index in [0.29, 0.717) is 16.9 Å². The van der Waals surface area contributed by atoms with Crippen LogP contribution in [0.5, 0.6) is 5.75 Å². The van der Waals surface area contributed by atoms with Gasteiger partial charge in [-0.25, -0.2) is 0 Å². The number of hydrogen-bond acceptors (Lipinski definition) is 2. The van der Waals surface area contributed by atoms with Crippen LogP contribution < -0.4 is 4.74 Å². The molecule has 0 saturated heterocycles. The van der Waals surface area contributed by atoms with E-state index < -0.39 is 11.7 Å². The summed E-state index contributed by atoms with van der Waals surface area (Å²) in [7, 11) is 1.50. The summed E-state index contributed by atoms with van der Waals surface area (Å²) < 4.78 is 42.4. The van der Waals surface area contributed by atoms with Crippen LogP contribution in [0.1, 0.15) is 5.56 Å². The Balaban J connectivity index is 2.41. The first-order valence-electron chi connectivity index (χ1n) is 5.18. The smallest absolute Gasteiger partial charge is 0.416 e. The molecule has 0 spiro atoms. The highest BCUT2D eigenvalue weighted by molar-refractivity contribution is 5.69. The standard InChI is InChI=1S/C13H10F3NO/c1-18-12-6-7-17-8-11(12)9-2-4-10(5-3-9)13(14,15)16/h2-8H,1H3. The maximum atomic E-state index is 12.4. The molecule has 2 nitrogen and oxygen atoms in total. The Morgan fingerprint density at radius 1 is 1.06 bits per heavy atom. The third-order valence-corrected chi connectivity index (χ3v) is 2.52. The van der Waals surface area contributed by atoms with Crippen molar-refractivity contribution in [1.82, 2.24) is 4.98 Å². The second kappa shape index (κ2) is 4.68. The Morgan fingerprint density at radius 3 is 2.28 bits per heavy atom. The van der Waals surface area contributed by atoms with Gasteiger partial charge in [-0.3, -0.25) is 4.98 Å². The molecule has 94 valence electrons. The molecule has 0 amide bonds. The van der Waals surface area contributed by atoms with E-state index in [1.54, 1.807) is 18.5 Å². The van der Waals surface area contributed by atoms with E-state index in [1.165, 1.54) is 19.2 Å². The van der Waals surface area contributed by atoms with Crippen molar-refractivity contribution < 1.29 is 17.9 Å². The van der Waals surface area contributed by atoms with Gasteiger partial charge in [-0.2, -0.15) is 13.2 Å². The maximum Gasteiger partial charge on any atom is 0.416 e. The zero-order valence-corrected chi connectivity index (χ0v) is 9.53. The normalized spacial score (nSPS) is 11.3. The lowest BCUT2D eigenvalue weighted by Gasteiger charge is -2.10. The van der Waals surface area contributed by atoms with Gasteiger partial charge < -0.3 is 4.74 Å². The summed E-state index contributed by atoms with van der Waals surface area (Å²) in [5, 5.41) is 0. The van der Waals surface area contributed by atoms with Gasteiger partial charge in [-0.05, 0) is 23.8 Å². The highest BCUT2D eigenvalue weighted by Crippen LogP contribution is 2.33. The number of benzene rings is 1. The molecule has 0 atom stereocenters. The minimum absolute atomic E-state index is 0.574. The van der Waals surface area contributed by atoms with Crippen molar-refractivity contribution in [3.63, 3.8) is 0 Å². The summed E-state index contributed by atoms with van der Waals surface area (Å²) in [4.78, 5) is 3.94.